The zero-order valence-electron chi connectivity index (χ0n) is 10.5. The molecule has 2 heteroatoms. The number of rotatable bonds is 2. The number of piperidine rings is 1. The van der Waals surface area contributed by atoms with Gasteiger partial charge in [0.25, 0.3) is 0 Å². The van der Waals surface area contributed by atoms with Crippen LogP contribution in [-0.4, -0.2) is 37.6 Å². The molecule has 1 heterocycles. The fourth-order valence-electron chi connectivity index (χ4n) is 2.52. The molecule has 14 heavy (non-hydrogen) atoms. The van der Waals surface area contributed by atoms with Crippen LogP contribution in [0.15, 0.2) is 0 Å². The predicted octanol–water partition coefficient (Wildman–Crippen LogP) is 2.11. The number of nitrogens with one attached hydrogen (secondary N) is 1. The predicted molar refractivity (Wildman–Crippen MR) is 62.6 cm³/mol. The summed E-state index contributed by atoms with van der Waals surface area (Å²) in [6.45, 7) is 9.40. The zero-order valence-corrected chi connectivity index (χ0v) is 10.5. The summed E-state index contributed by atoms with van der Waals surface area (Å²) in [5, 5.41) is 3.76. The molecule has 0 aromatic carbocycles. The number of hydrogen-bond donors (Lipinski definition) is 1. The third-order valence-electron chi connectivity index (χ3n) is 3.52. The maximum atomic E-state index is 3.76. The van der Waals surface area contributed by atoms with E-state index in [1.807, 2.05) is 0 Å². The number of hydrogen-bond acceptors (Lipinski definition) is 2. The lowest BCUT2D eigenvalue weighted by atomic mass is 9.69. The van der Waals surface area contributed by atoms with E-state index in [1.54, 1.807) is 0 Å². The van der Waals surface area contributed by atoms with Crippen molar-refractivity contribution < 1.29 is 0 Å². The van der Waals surface area contributed by atoms with E-state index in [1.165, 1.54) is 25.8 Å². The minimum absolute atomic E-state index is 0.314. The third-order valence-corrected chi connectivity index (χ3v) is 3.52. The molecule has 0 aromatic heterocycles. The number of nitrogens with zero attached hydrogens (tertiary/aromatic N) is 1. The molecule has 0 aromatic rings. The van der Waals surface area contributed by atoms with Gasteiger partial charge in [-0.1, -0.05) is 27.2 Å². The first-order valence-electron chi connectivity index (χ1n) is 5.77. The first kappa shape index (κ1) is 12.0. The molecule has 1 aliphatic heterocycles. The van der Waals surface area contributed by atoms with E-state index in [0.29, 0.717) is 11.0 Å². The van der Waals surface area contributed by atoms with Gasteiger partial charge in [-0.25, -0.2) is 0 Å². The quantitative estimate of drug-likeness (QED) is 0.731. The lowest BCUT2D eigenvalue weighted by Gasteiger charge is -2.49. The largest absolute Gasteiger partial charge is 0.310 e. The average Bonchev–Trinajstić information content (AvgIpc) is 2.02. The third kappa shape index (κ3) is 2.48. The van der Waals surface area contributed by atoms with Crippen molar-refractivity contribution in [2.45, 2.75) is 45.6 Å². The summed E-state index contributed by atoms with van der Waals surface area (Å²) in [4.78, 5) is 2.31. The minimum atomic E-state index is 0.314. The van der Waals surface area contributed by atoms with Gasteiger partial charge in [-0.05, 0) is 38.9 Å². The van der Waals surface area contributed by atoms with Gasteiger partial charge in [0.2, 0.25) is 0 Å². The van der Waals surface area contributed by atoms with E-state index in [4.69, 9.17) is 0 Å². The van der Waals surface area contributed by atoms with Gasteiger partial charge in [-0.3, -0.25) is 0 Å². The molecule has 0 bridgehead atoms. The van der Waals surface area contributed by atoms with Crippen molar-refractivity contribution in [3.05, 3.63) is 0 Å². The highest BCUT2D eigenvalue weighted by molar-refractivity contribution is 5.01. The van der Waals surface area contributed by atoms with Crippen molar-refractivity contribution in [1.29, 1.82) is 0 Å². The van der Waals surface area contributed by atoms with Gasteiger partial charge in [-0.2, -0.15) is 0 Å². The van der Waals surface area contributed by atoms with Gasteiger partial charge in [0.15, 0.2) is 0 Å². The molecule has 84 valence electrons. The lowest BCUT2D eigenvalue weighted by molar-refractivity contribution is 0.0713. The van der Waals surface area contributed by atoms with Crippen LogP contribution in [0.2, 0.25) is 0 Å². The topological polar surface area (TPSA) is 15.3 Å². The van der Waals surface area contributed by atoms with Crippen LogP contribution in [0.25, 0.3) is 0 Å². The first-order chi connectivity index (χ1) is 6.37. The van der Waals surface area contributed by atoms with Gasteiger partial charge in [-0.15, -0.1) is 0 Å². The van der Waals surface area contributed by atoms with Gasteiger partial charge in [0.05, 0.1) is 0 Å². The van der Waals surface area contributed by atoms with Gasteiger partial charge in [0.1, 0.15) is 0 Å². The highest BCUT2D eigenvalue weighted by atomic mass is 15.1. The molecule has 1 unspecified atom stereocenters. The highest BCUT2D eigenvalue weighted by Crippen LogP contribution is 2.37. The Kier molecular flexibility index (Phi) is 3.59. The maximum Gasteiger partial charge on any atom is 0.0357 e. The standard InChI is InChI=1S/C12H26N2/c1-11(2,3)12(10-14(4)5)8-6-7-9-13-12/h13H,6-10H2,1-5H3. The smallest absolute Gasteiger partial charge is 0.0357 e. The molecule has 2 nitrogen and oxygen atoms in total. The SMILES string of the molecule is CN(C)CC1(C(C)(C)C)CCCCN1. The Morgan fingerprint density at radius 2 is 1.86 bits per heavy atom. The molecule has 1 fully saturated rings. The van der Waals surface area contributed by atoms with Crippen LogP contribution in [0.4, 0.5) is 0 Å². The molecule has 0 amide bonds. The Morgan fingerprint density at radius 1 is 1.21 bits per heavy atom. The number of likely N-dealkylation sites (N-methyl/N-ethyl adjacent to an activating group) is 1. The summed E-state index contributed by atoms with van der Waals surface area (Å²) in [5.41, 5.74) is 0.659. The molecule has 0 saturated carbocycles. The zero-order chi connectivity index (χ0) is 10.8. The lowest BCUT2D eigenvalue weighted by Crippen LogP contribution is -2.62. The molecule has 1 rings (SSSR count). The van der Waals surface area contributed by atoms with Crippen molar-refractivity contribution in [2.75, 3.05) is 27.2 Å². The van der Waals surface area contributed by atoms with Crippen molar-refractivity contribution in [1.82, 2.24) is 10.2 Å². The van der Waals surface area contributed by atoms with E-state index >= 15 is 0 Å². The van der Waals surface area contributed by atoms with E-state index in [2.05, 4.69) is 45.1 Å². The van der Waals surface area contributed by atoms with Crippen molar-refractivity contribution in [3.8, 4) is 0 Å². The summed E-state index contributed by atoms with van der Waals surface area (Å²) < 4.78 is 0. The van der Waals surface area contributed by atoms with Crippen molar-refractivity contribution >= 4 is 0 Å². The van der Waals surface area contributed by atoms with E-state index in [0.717, 1.165) is 6.54 Å². The van der Waals surface area contributed by atoms with Gasteiger partial charge in [0, 0.05) is 12.1 Å². The van der Waals surface area contributed by atoms with Crippen LogP contribution in [0.5, 0.6) is 0 Å². The molecule has 0 radical (unpaired) electrons. The molecule has 0 spiro atoms. The summed E-state index contributed by atoms with van der Waals surface area (Å²) in [5.74, 6) is 0. The molecule has 0 aliphatic carbocycles. The second-order valence-electron chi connectivity index (χ2n) is 5.95. The van der Waals surface area contributed by atoms with E-state index in [9.17, 15) is 0 Å². The summed E-state index contributed by atoms with van der Waals surface area (Å²) >= 11 is 0. The second kappa shape index (κ2) is 4.19. The van der Waals surface area contributed by atoms with Crippen LogP contribution >= 0.6 is 0 Å². The van der Waals surface area contributed by atoms with Gasteiger partial charge < -0.3 is 10.2 Å². The van der Waals surface area contributed by atoms with Crippen LogP contribution in [0.1, 0.15) is 40.0 Å². The Balaban J connectivity index is 2.77. The molecule has 1 saturated heterocycles. The van der Waals surface area contributed by atoms with Crippen LogP contribution < -0.4 is 5.32 Å². The summed E-state index contributed by atoms with van der Waals surface area (Å²) in [6.07, 6.45) is 4.03. The Bertz CT molecular complexity index is 173. The Hall–Kier alpha value is -0.0800. The van der Waals surface area contributed by atoms with Gasteiger partial charge >= 0.3 is 0 Å². The fraction of sp³-hybridized carbons (Fsp3) is 1.00. The van der Waals surface area contributed by atoms with E-state index < -0.39 is 0 Å². The van der Waals surface area contributed by atoms with Crippen LogP contribution in [-0.2, 0) is 0 Å². The Labute approximate surface area is 89.1 Å². The van der Waals surface area contributed by atoms with Crippen LogP contribution in [0.3, 0.4) is 0 Å². The Morgan fingerprint density at radius 3 is 2.21 bits per heavy atom. The monoisotopic (exact) mass is 198 g/mol. The average molecular weight is 198 g/mol. The molecule has 1 aliphatic rings. The minimum Gasteiger partial charge on any atom is -0.310 e. The molecular formula is C12H26N2. The maximum absolute atomic E-state index is 3.76. The van der Waals surface area contributed by atoms with Crippen LogP contribution in [0, 0.1) is 5.41 Å². The van der Waals surface area contributed by atoms with Crippen molar-refractivity contribution in [3.63, 3.8) is 0 Å². The second-order valence-corrected chi connectivity index (χ2v) is 5.95. The molecule has 1 N–H and O–H groups in total. The van der Waals surface area contributed by atoms with Crippen molar-refractivity contribution in [2.24, 2.45) is 5.41 Å². The first-order valence-corrected chi connectivity index (χ1v) is 5.77. The highest BCUT2D eigenvalue weighted by Gasteiger charge is 2.42. The summed E-state index contributed by atoms with van der Waals surface area (Å²) in [6, 6.07) is 0. The molecule has 1 atom stereocenters. The summed E-state index contributed by atoms with van der Waals surface area (Å²) in [7, 11) is 4.34. The fourth-order valence-corrected chi connectivity index (χ4v) is 2.52. The van der Waals surface area contributed by atoms with E-state index in [-0.39, 0.29) is 0 Å². The normalized spacial score (nSPS) is 29.6. The molecular weight excluding hydrogens is 172 g/mol.